The fraction of sp³-hybridized carbons (Fsp3) is 0.154. The number of para-hydroxylation sites is 1. The zero-order valence-corrected chi connectivity index (χ0v) is 18.5. The van der Waals surface area contributed by atoms with Gasteiger partial charge in [-0.2, -0.15) is 10.1 Å². The van der Waals surface area contributed by atoms with Gasteiger partial charge in [-0.15, -0.1) is 0 Å². The van der Waals surface area contributed by atoms with Crippen LogP contribution in [0, 0.1) is 5.82 Å². The number of hydrogen-bond acceptors (Lipinski definition) is 6. The van der Waals surface area contributed by atoms with E-state index in [1.54, 1.807) is 31.0 Å². The molecule has 0 radical (unpaired) electrons. The molecule has 170 valence electrons. The Bertz CT molecular complexity index is 1410. The van der Waals surface area contributed by atoms with Gasteiger partial charge in [0, 0.05) is 16.7 Å². The largest absolute Gasteiger partial charge is 0.497 e. The van der Waals surface area contributed by atoms with Gasteiger partial charge in [0.1, 0.15) is 35.4 Å². The van der Waals surface area contributed by atoms with E-state index in [9.17, 15) is 4.39 Å². The second kappa shape index (κ2) is 7.91. The van der Waals surface area contributed by atoms with Crippen molar-refractivity contribution in [1.29, 1.82) is 0 Å². The summed E-state index contributed by atoms with van der Waals surface area (Å²) in [5.74, 6) is 2.38. The van der Waals surface area contributed by atoms with Crippen molar-refractivity contribution < 1.29 is 18.6 Å². The van der Waals surface area contributed by atoms with Crippen LogP contribution in [0.25, 0.3) is 5.70 Å². The van der Waals surface area contributed by atoms with E-state index in [1.807, 2.05) is 42.5 Å². The zero-order valence-electron chi connectivity index (χ0n) is 18.5. The molecular formula is C26H21FN4O3. The summed E-state index contributed by atoms with van der Waals surface area (Å²) in [5.41, 5.74) is 4.37. The Kier molecular flexibility index (Phi) is 4.72. The first-order chi connectivity index (χ1) is 16.7. The second-order valence-electron chi connectivity index (χ2n) is 8.04. The van der Waals surface area contributed by atoms with Crippen molar-refractivity contribution in [3.63, 3.8) is 0 Å². The van der Waals surface area contributed by atoms with E-state index in [0.717, 1.165) is 33.7 Å². The van der Waals surface area contributed by atoms with Gasteiger partial charge in [0.2, 0.25) is 5.95 Å². The van der Waals surface area contributed by atoms with E-state index in [4.69, 9.17) is 14.2 Å². The number of nitrogens with one attached hydrogen (secondary N) is 1. The molecule has 7 nitrogen and oxygen atoms in total. The number of nitrogens with zero attached hydrogens (tertiary/aromatic N) is 3. The van der Waals surface area contributed by atoms with Crippen LogP contribution in [0.2, 0.25) is 0 Å². The zero-order chi connectivity index (χ0) is 23.2. The average molecular weight is 456 g/mol. The van der Waals surface area contributed by atoms with Gasteiger partial charge in [0.25, 0.3) is 0 Å². The third kappa shape index (κ3) is 3.10. The van der Waals surface area contributed by atoms with Crippen LogP contribution in [0.5, 0.6) is 17.2 Å². The smallest absolute Gasteiger partial charge is 0.226 e. The molecule has 34 heavy (non-hydrogen) atoms. The summed E-state index contributed by atoms with van der Waals surface area (Å²) >= 11 is 0. The lowest BCUT2D eigenvalue weighted by atomic mass is 9.84. The number of rotatable bonds is 4. The van der Waals surface area contributed by atoms with Gasteiger partial charge in [-0.1, -0.05) is 24.3 Å². The number of aromatic nitrogens is 3. The Morgan fingerprint density at radius 1 is 1.00 bits per heavy atom. The second-order valence-corrected chi connectivity index (χ2v) is 8.04. The highest BCUT2D eigenvalue weighted by molar-refractivity contribution is 5.85. The van der Waals surface area contributed by atoms with Crippen LogP contribution in [0.3, 0.4) is 0 Å². The van der Waals surface area contributed by atoms with Crippen LogP contribution in [0.15, 0.2) is 78.6 Å². The average Bonchev–Trinajstić information content (AvgIpc) is 3.35. The van der Waals surface area contributed by atoms with Crippen molar-refractivity contribution in [3.8, 4) is 17.2 Å². The highest BCUT2D eigenvalue weighted by Gasteiger charge is 2.41. The molecule has 8 heteroatoms. The van der Waals surface area contributed by atoms with E-state index in [-0.39, 0.29) is 11.9 Å². The fourth-order valence-electron chi connectivity index (χ4n) is 4.69. The lowest BCUT2D eigenvalue weighted by molar-refractivity contribution is 0.217. The lowest BCUT2D eigenvalue weighted by Gasteiger charge is -2.39. The molecule has 0 amide bonds. The molecule has 1 N–H and O–H groups in total. The first-order valence-corrected chi connectivity index (χ1v) is 10.8. The van der Waals surface area contributed by atoms with E-state index in [2.05, 4.69) is 15.4 Å². The molecule has 3 heterocycles. The van der Waals surface area contributed by atoms with E-state index < -0.39 is 6.10 Å². The summed E-state index contributed by atoms with van der Waals surface area (Å²) in [6.45, 7) is 0. The van der Waals surface area contributed by atoms with Crippen LogP contribution >= 0.6 is 0 Å². The molecular weight excluding hydrogens is 435 g/mol. The van der Waals surface area contributed by atoms with Crippen molar-refractivity contribution in [3.05, 3.63) is 101 Å². The van der Waals surface area contributed by atoms with Gasteiger partial charge in [0.15, 0.2) is 6.10 Å². The van der Waals surface area contributed by atoms with Crippen LogP contribution in [-0.4, -0.2) is 29.0 Å². The Morgan fingerprint density at radius 2 is 1.82 bits per heavy atom. The van der Waals surface area contributed by atoms with Gasteiger partial charge >= 0.3 is 0 Å². The quantitative estimate of drug-likeness (QED) is 0.466. The standard InChI is InChI=1S/C26H21FN4O3/c1-32-17-11-12-20(33-2)19(13-17)25-22-23(18-5-3-4-6-21(18)34-25)30-26-28-14-29-31(26)24(22)15-7-9-16(27)10-8-15/h3-14,24-25H,1-2H3,(H,28,29,30)/t24-,25+/m1/s1. The summed E-state index contributed by atoms with van der Waals surface area (Å²) in [6.07, 6.45) is 0.973. The first-order valence-electron chi connectivity index (χ1n) is 10.8. The van der Waals surface area contributed by atoms with Crippen molar-refractivity contribution in [2.24, 2.45) is 0 Å². The molecule has 2 aliphatic heterocycles. The molecule has 3 aromatic carbocycles. The number of methoxy groups -OCH3 is 2. The molecule has 1 aromatic heterocycles. The van der Waals surface area contributed by atoms with Crippen LogP contribution in [0.4, 0.5) is 10.3 Å². The summed E-state index contributed by atoms with van der Waals surface area (Å²) in [7, 11) is 3.25. The monoisotopic (exact) mass is 456 g/mol. The molecule has 0 saturated carbocycles. The Morgan fingerprint density at radius 3 is 2.62 bits per heavy atom. The molecule has 0 aliphatic carbocycles. The van der Waals surface area contributed by atoms with Crippen LogP contribution in [-0.2, 0) is 0 Å². The summed E-state index contributed by atoms with van der Waals surface area (Å²) < 4.78 is 33.5. The molecule has 0 spiro atoms. The number of benzene rings is 3. The minimum Gasteiger partial charge on any atom is -0.497 e. The molecule has 4 aromatic rings. The predicted octanol–water partition coefficient (Wildman–Crippen LogP) is 4.99. The lowest BCUT2D eigenvalue weighted by Crippen LogP contribution is -2.32. The van der Waals surface area contributed by atoms with E-state index in [1.165, 1.54) is 18.5 Å². The predicted molar refractivity (Wildman–Crippen MR) is 124 cm³/mol. The number of fused-ring (bicyclic) bond motifs is 3. The van der Waals surface area contributed by atoms with Crippen LogP contribution in [0.1, 0.15) is 28.8 Å². The van der Waals surface area contributed by atoms with Crippen molar-refractivity contribution in [2.75, 3.05) is 19.5 Å². The van der Waals surface area contributed by atoms with Gasteiger partial charge < -0.3 is 19.5 Å². The fourth-order valence-corrected chi connectivity index (χ4v) is 4.69. The van der Waals surface area contributed by atoms with E-state index >= 15 is 0 Å². The van der Waals surface area contributed by atoms with Crippen LogP contribution < -0.4 is 19.5 Å². The molecule has 2 aliphatic rings. The van der Waals surface area contributed by atoms with Crippen molar-refractivity contribution in [2.45, 2.75) is 12.1 Å². The molecule has 0 bridgehead atoms. The number of halogens is 1. The molecule has 2 atom stereocenters. The Labute approximate surface area is 195 Å². The molecule has 0 fully saturated rings. The Hall–Kier alpha value is -4.33. The van der Waals surface area contributed by atoms with Gasteiger partial charge in [-0.05, 0) is 48.0 Å². The number of ether oxygens (including phenoxy) is 3. The summed E-state index contributed by atoms with van der Waals surface area (Å²) in [4.78, 5) is 4.42. The van der Waals surface area contributed by atoms with Crippen molar-refractivity contribution >= 4 is 11.6 Å². The Balaban J connectivity index is 1.64. The van der Waals surface area contributed by atoms with Gasteiger partial charge in [-0.25, -0.2) is 9.07 Å². The van der Waals surface area contributed by atoms with Gasteiger partial charge in [-0.3, -0.25) is 0 Å². The number of anilines is 1. The summed E-state index contributed by atoms with van der Waals surface area (Å²) in [6, 6.07) is 19.5. The first kappa shape index (κ1) is 20.3. The third-order valence-electron chi connectivity index (χ3n) is 6.23. The van der Waals surface area contributed by atoms with E-state index in [0.29, 0.717) is 17.4 Å². The molecule has 0 saturated heterocycles. The highest BCUT2D eigenvalue weighted by Crippen LogP contribution is 2.52. The van der Waals surface area contributed by atoms with Crippen molar-refractivity contribution in [1.82, 2.24) is 14.8 Å². The maximum atomic E-state index is 13.8. The SMILES string of the molecule is COc1ccc(OC)c([C@@H]2Oc3ccccc3C3=C2[C@@H](c2ccc(F)cc2)n2ncnc2N3)c1. The van der Waals surface area contributed by atoms with Gasteiger partial charge in [0.05, 0.1) is 19.9 Å². The minimum absolute atomic E-state index is 0.304. The molecule has 6 rings (SSSR count). The highest BCUT2D eigenvalue weighted by atomic mass is 19.1. The third-order valence-corrected chi connectivity index (χ3v) is 6.23. The molecule has 0 unspecified atom stereocenters. The normalized spacial score (nSPS) is 18.2. The number of hydrogen-bond donors (Lipinski definition) is 1. The maximum absolute atomic E-state index is 13.8. The maximum Gasteiger partial charge on any atom is 0.226 e. The minimum atomic E-state index is -0.533. The summed E-state index contributed by atoms with van der Waals surface area (Å²) in [5, 5.41) is 7.95. The topological polar surface area (TPSA) is 70.4 Å².